The average Bonchev–Trinajstić information content (AvgIpc) is 2.83. The molecular weight excluding hydrogens is 258 g/mol. The van der Waals surface area contributed by atoms with E-state index in [1.165, 1.54) is 0 Å². The van der Waals surface area contributed by atoms with Crippen LogP contribution in [-0.4, -0.2) is 50.2 Å². The van der Waals surface area contributed by atoms with E-state index in [1.54, 1.807) is 0 Å². The van der Waals surface area contributed by atoms with Crippen LogP contribution in [0.4, 0.5) is 0 Å². The van der Waals surface area contributed by atoms with Crippen LogP contribution in [0.3, 0.4) is 0 Å². The molecule has 1 aliphatic rings. The van der Waals surface area contributed by atoms with E-state index in [4.69, 9.17) is 4.74 Å². The molecule has 6 heteroatoms. The van der Waals surface area contributed by atoms with Gasteiger partial charge >= 0.3 is 0 Å². The molecule has 1 saturated heterocycles. The molecule has 0 saturated carbocycles. The average molecular weight is 285 g/mol. The molecule has 0 radical (unpaired) electrons. The first-order valence-corrected chi connectivity index (χ1v) is 7.42. The summed E-state index contributed by atoms with van der Waals surface area (Å²) in [7, 11) is 0. The van der Waals surface area contributed by atoms with Gasteiger partial charge in [0, 0.05) is 25.0 Å². The molecule has 1 heterocycles. The summed E-state index contributed by atoms with van der Waals surface area (Å²) in [5, 5.41) is 8.93. The fraction of sp³-hybridized carbons (Fsp3) is 0.857. The van der Waals surface area contributed by atoms with Gasteiger partial charge in [0.25, 0.3) is 0 Å². The molecule has 1 aliphatic heterocycles. The number of ether oxygens (including phenoxy) is 1. The zero-order chi connectivity index (χ0) is 15.0. The summed E-state index contributed by atoms with van der Waals surface area (Å²) in [6, 6.07) is 0.212. The summed E-state index contributed by atoms with van der Waals surface area (Å²) in [5.41, 5.74) is 0. The Morgan fingerprint density at radius 2 is 2.00 bits per heavy atom. The number of rotatable bonds is 8. The highest BCUT2D eigenvalue weighted by molar-refractivity contribution is 5.81. The summed E-state index contributed by atoms with van der Waals surface area (Å²) in [6.07, 6.45) is 1.34. The lowest BCUT2D eigenvalue weighted by Gasteiger charge is -2.18. The second-order valence-electron chi connectivity index (χ2n) is 5.47. The first kappa shape index (κ1) is 16.9. The number of carbonyl (C=O) groups excluding carboxylic acids is 2. The zero-order valence-corrected chi connectivity index (χ0v) is 12.7. The van der Waals surface area contributed by atoms with E-state index in [-0.39, 0.29) is 29.8 Å². The Labute approximate surface area is 121 Å². The van der Waals surface area contributed by atoms with Gasteiger partial charge < -0.3 is 20.7 Å². The standard InChI is InChI=1S/C14H27N3O3/c1-4-6-15-12-9-20-8-11(12)14(19)16-7-5-13(18)17-10(2)3/h10-12,15H,4-9H2,1-3H3,(H,16,19)(H,17,18). The first-order chi connectivity index (χ1) is 9.54. The van der Waals surface area contributed by atoms with Gasteiger partial charge in [-0.25, -0.2) is 0 Å². The summed E-state index contributed by atoms with van der Waals surface area (Å²) in [6.45, 7) is 8.19. The second-order valence-corrected chi connectivity index (χ2v) is 5.47. The molecule has 6 nitrogen and oxygen atoms in total. The fourth-order valence-electron chi connectivity index (χ4n) is 2.17. The van der Waals surface area contributed by atoms with Crippen LogP contribution >= 0.6 is 0 Å². The van der Waals surface area contributed by atoms with Gasteiger partial charge in [0.2, 0.25) is 11.8 Å². The molecular formula is C14H27N3O3. The van der Waals surface area contributed by atoms with Crippen LogP contribution in [0.2, 0.25) is 0 Å². The Balaban J connectivity index is 2.26. The third kappa shape index (κ3) is 5.88. The quantitative estimate of drug-likeness (QED) is 0.588. The van der Waals surface area contributed by atoms with E-state index in [1.807, 2.05) is 13.8 Å². The van der Waals surface area contributed by atoms with Crippen molar-refractivity contribution < 1.29 is 14.3 Å². The van der Waals surface area contributed by atoms with Crippen LogP contribution in [0.25, 0.3) is 0 Å². The third-order valence-corrected chi connectivity index (χ3v) is 3.17. The Kier molecular flexibility index (Phi) is 7.54. The van der Waals surface area contributed by atoms with Crippen molar-refractivity contribution in [3.8, 4) is 0 Å². The van der Waals surface area contributed by atoms with Gasteiger partial charge in [-0.05, 0) is 26.8 Å². The highest BCUT2D eigenvalue weighted by Crippen LogP contribution is 2.13. The maximum absolute atomic E-state index is 12.1. The molecule has 0 aromatic heterocycles. The van der Waals surface area contributed by atoms with Crippen molar-refractivity contribution in [2.45, 2.75) is 45.7 Å². The molecule has 0 spiro atoms. The molecule has 0 bridgehead atoms. The van der Waals surface area contributed by atoms with Gasteiger partial charge in [-0.1, -0.05) is 6.92 Å². The van der Waals surface area contributed by atoms with Crippen molar-refractivity contribution in [1.82, 2.24) is 16.0 Å². The first-order valence-electron chi connectivity index (χ1n) is 7.42. The van der Waals surface area contributed by atoms with Crippen molar-refractivity contribution in [2.24, 2.45) is 5.92 Å². The monoisotopic (exact) mass is 285 g/mol. The van der Waals surface area contributed by atoms with Crippen molar-refractivity contribution in [3.63, 3.8) is 0 Å². The molecule has 2 amide bonds. The van der Waals surface area contributed by atoms with E-state index in [0.29, 0.717) is 26.2 Å². The number of hydrogen-bond acceptors (Lipinski definition) is 4. The minimum Gasteiger partial charge on any atom is -0.379 e. The summed E-state index contributed by atoms with van der Waals surface area (Å²) in [4.78, 5) is 23.5. The highest BCUT2D eigenvalue weighted by Gasteiger charge is 2.33. The normalized spacial score (nSPS) is 22.0. The molecule has 1 rings (SSSR count). The maximum Gasteiger partial charge on any atom is 0.227 e. The van der Waals surface area contributed by atoms with Gasteiger partial charge in [0.05, 0.1) is 19.1 Å². The van der Waals surface area contributed by atoms with Crippen molar-refractivity contribution in [3.05, 3.63) is 0 Å². The molecule has 2 atom stereocenters. The Hall–Kier alpha value is -1.14. The molecule has 0 aliphatic carbocycles. The second kappa shape index (κ2) is 8.92. The lowest BCUT2D eigenvalue weighted by atomic mass is 10.0. The molecule has 0 aromatic rings. The van der Waals surface area contributed by atoms with Crippen molar-refractivity contribution in [1.29, 1.82) is 0 Å². The van der Waals surface area contributed by atoms with E-state index in [2.05, 4.69) is 22.9 Å². The third-order valence-electron chi connectivity index (χ3n) is 3.17. The number of carbonyl (C=O) groups is 2. The Bertz CT molecular complexity index is 321. The predicted octanol–water partition coefficient (Wildman–Crippen LogP) is 0.0319. The van der Waals surface area contributed by atoms with E-state index >= 15 is 0 Å². The lowest BCUT2D eigenvalue weighted by molar-refractivity contribution is -0.125. The molecule has 20 heavy (non-hydrogen) atoms. The predicted molar refractivity (Wildman–Crippen MR) is 77.3 cm³/mol. The molecule has 0 aromatic carbocycles. The summed E-state index contributed by atoms with van der Waals surface area (Å²) < 4.78 is 5.37. The smallest absolute Gasteiger partial charge is 0.227 e. The molecule has 116 valence electrons. The SMILES string of the molecule is CCCNC1COCC1C(=O)NCCC(=O)NC(C)C. The van der Waals surface area contributed by atoms with Crippen LogP contribution in [0, 0.1) is 5.92 Å². The van der Waals surface area contributed by atoms with Crippen LogP contribution in [0.5, 0.6) is 0 Å². The Morgan fingerprint density at radius 3 is 2.65 bits per heavy atom. The van der Waals surface area contributed by atoms with Gasteiger partial charge in [0.15, 0.2) is 0 Å². The molecule has 1 fully saturated rings. The topological polar surface area (TPSA) is 79.5 Å². The fourth-order valence-corrected chi connectivity index (χ4v) is 2.17. The number of amides is 2. The largest absolute Gasteiger partial charge is 0.379 e. The van der Waals surface area contributed by atoms with E-state index in [9.17, 15) is 9.59 Å². The van der Waals surface area contributed by atoms with E-state index < -0.39 is 0 Å². The Morgan fingerprint density at radius 1 is 1.25 bits per heavy atom. The molecule has 3 N–H and O–H groups in total. The van der Waals surface area contributed by atoms with E-state index in [0.717, 1.165) is 13.0 Å². The van der Waals surface area contributed by atoms with Crippen LogP contribution < -0.4 is 16.0 Å². The minimum atomic E-state index is -0.158. The maximum atomic E-state index is 12.1. The van der Waals surface area contributed by atoms with Crippen LogP contribution in [-0.2, 0) is 14.3 Å². The van der Waals surface area contributed by atoms with Gasteiger partial charge in [-0.15, -0.1) is 0 Å². The van der Waals surface area contributed by atoms with Gasteiger partial charge in [0.1, 0.15) is 0 Å². The highest BCUT2D eigenvalue weighted by atomic mass is 16.5. The minimum absolute atomic E-state index is 0.0338. The number of nitrogens with one attached hydrogen (secondary N) is 3. The van der Waals surface area contributed by atoms with Crippen molar-refractivity contribution >= 4 is 11.8 Å². The van der Waals surface area contributed by atoms with Crippen LogP contribution in [0.1, 0.15) is 33.6 Å². The zero-order valence-electron chi connectivity index (χ0n) is 12.7. The summed E-state index contributed by atoms with van der Waals surface area (Å²) in [5.74, 6) is -0.230. The van der Waals surface area contributed by atoms with Gasteiger partial charge in [-0.3, -0.25) is 9.59 Å². The number of hydrogen-bond donors (Lipinski definition) is 3. The lowest BCUT2D eigenvalue weighted by Crippen LogP contribution is -2.45. The molecule has 2 unspecified atom stereocenters. The van der Waals surface area contributed by atoms with Gasteiger partial charge in [-0.2, -0.15) is 0 Å². The summed E-state index contributed by atoms with van der Waals surface area (Å²) >= 11 is 0. The van der Waals surface area contributed by atoms with Crippen molar-refractivity contribution in [2.75, 3.05) is 26.3 Å². The van der Waals surface area contributed by atoms with Crippen LogP contribution in [0.15, 0.2) is 0 Å².